The third kappa shape index (κ3) is 4.84. The SMILES string of the molecule is CC[C@@H](Nc1c(N(C)c2cccc(C(=O)N3CCN(C(=O)c4ccco4)CC3)c2O)c(=O)c1=O)c1ccccc1. The summed E-state index contributed by atoms with van der Waals surface area (Å²) < 4.78 is 5.19. The van der Waals surface area contributed by atoms with E-state index in [1.165, 1.54) is 17.2 Å². The van der Waals surface area contributed by atoms with Crippen LogP contribution in [-0.4, -0.2) is 59.9 Å². The van der Waals surface area contributed by atoms with Gasteiger partial charge in [0.2, 0.25) is 0 Å². The van der Waals surface area contributed by atoms with Crippen LogP contribution in [0.3, 0.4) is 0 Å². The first-order valence-electron chi connectivity index (χ1n) is 13.1. The summed E-state index contributed by atoms with van der Waals surface area (Å²) in [5.74, 6) is -0.678. The van der Waals surface area contributed by atoms with Crippen LogP contribution in [0.25, 0.3) is 0 Å². The van der Waals surface area contributed by atoms with E-state index in [2.05, 4.69) is 5.32 Å². The van der Waals surface area contributed by atoms with Crippen LogP contribution < -0.4 is 21.1 Å². The zero-order chi connectivity index (χ0) is 28.4. The van der Waals surface area contributed by atoms with Gasteiger partial charge >= 0.3 is 0 Å². The van der Waals surface area contributed by atoms with Gasteiger partial charge in [0.05, 0.1) is 23.6 Å². The van der Waals surface area contributed by atoms with E-state index < -0.39 is 16.8 Å². The molecule has 40 heavy (non-hydrogen) atoms. The summed E-state index contributed by atoms with van der Waals surface area (Å²) in [5.41, 5.74) is 0.292. The number of amides is 2. The molecule has 0 spiro atoms. The van der Waals surface area contributed by atoms with Crippen molar-refractivity contribution in [2.75, 3.05) is 43.4 Å². The molecular formula is C30H30N4O6. The fourth-order valence-corrected chi connectivity index (χ4v) is 5.05. The van der Waals surface area contributed by atoms with Crippen molar-refractivity contribution in [3.63, 3.8) is 0 Å². The second-order valence-corrected chi connectivity index (χ2v) is 9.69. The molecule has 0 unspecified atom stereocenters. The molecule has 1 fully saturated rings. The van der Waals surface area contributed by atoms with Gasteiger partial charge in [-0.25, -0.2) is 0 Å². The molecule has 206 valence electrons. The predicted molar refractivity (Wildman–Crippen MR) is 151 cm³/mol. The van der Waals surface area contributed by atoms with Crippen LogP contribution in [0.15, 0.2) is 80.9 Å². The van der Waals surface area contributed by atoms with Crippen LogP contribution in [0.4, 0.5) is 17.1 Å². The zero-order valence-electron chi connectivity index (χ0n) is 22.3. The van der Waals surface area contributed by atoms with Gasteiger partial charge in [0.1, 0.15) is 11.4 Å². The van der Waals surface area contributed by atoms with Gasteiger partial charge in [-0.2, -0.15) is 0 Å². The summed E-state index contributed by atoms with van der Waals surface area (Å²) in [6.45, 7) is 3.20. The van der Waals surface area contributed by atoms with Crippen molar-refractivity contribution in [1.82, 2.24) is 9.80 Å². The number of phenolic OH excluding ortho intramolecular Hbond substituents is 1. The van der Waals surface area contributed by atoms with Crippen LogP contribution in [0.2, 0.25) is 0 Å². The number of phenols is 1. The minimum atomic E-state index is -0.665. The fourth-order valence-electron chi connectivity index (χ4n) is 5.05. The lowest BCUT2D eigenvalue weighted by Crippen LogP contribution is -2.50. The van der Waals surface area contributed by atoms with E-state index in [1.807, 2.05) is 37.3 Å². The van der Waals surface area contributed by atoms with Crippen molar-refractivity contribution in [3.8, 4) is 5.75 Å². The average Bonchev–Trinajstić information content (AvgIpc) is 3.54. The first-order chi connectivity index (χ1) is 19.3. The molecule has 1 aliphatic rings. The lowest BCUT2D eigenvalue weighted by atomic mass is 10.0. The largest absolute Gasteiger partial charge is 0.505 e. The first kappa shape index (κ1) is 26.7. The number of nitrogens with one attached hydrogen (secondary N) is 1. The van der Waals surface area contributed by atoms with Gasteiger partial charge in [-0.05, 0) is 36.2 Å². The van der Waals surface area contributed by atoms with Gasteiger partial charge in [-0.3, -0.25) is 19.2 Å². The first-order valence-corrected chi connectivity index (χ1v) is 13.1. The van der Waals surface area contributed by atoms with Crippen molar-refractivity contribution < 1.29 is 19.1 Å². The molecule has 5 rings (SSSR count). The number of hydrogen-bond donors (Lipinski definition) is 2. The molecule has 0 radical (unpaired) electrons. The summed E-state index contributed by atoms with van der Waals surface area (Å²) in [5, 5.41) is 14.3. The highest BCUT2D eigenvalue weighted by molar-refractivity contribution is 6.00. The Labute approximate surface area is 230 Å². The van der Waals surface area contributed by atoms with Crippen molar-refractivity contribution in [2.45, 2.75) is 19.4 Å². The van der Waals surface area contributed by atoms with E-state index in [-0.39, 0.29) is 59.2 Å². The highest BCUT2D eigenvalue weighted by atomic mass is 16.3. The Morgan fingerprint density at radius 2 is 1.60 bits per heavy atom. The lowest BCUT2D eigenvalue weighted by molar-refractivity contribution is 0.0516. The van der Waals surface area contributed by atoms with Crippen LogP contribution >= 0.6 is 0 Å². The van der Waals surface area contributed by atoms with Gasteiger partial charge in [0.15, 0.2) is 11.5 Å². The fraction of sp³-hybridized carbons (Fsp3) is 0.267. The molecule has 2 heterocycles. The average molecular weight is 543 g/mol. The number of benzene rings is 2. The monoisotopic (exact) mass is 542 g/mol. The highest BCUT2D eigenvalue weighted by Gasteiger charge is 2.31. The second-order valence-electron chi connectivity index (χ2n) is 9.69. The Morgan fingerprint density at radius 1 is 0.925 bits per heavy atom. The van der Waals surface area contributed by atoms with Crippen molar-refractivity contribution in [1.29, 1.82) is 0 Å². The Hall–Kier alpha value is -4.86. The molecule has 10 heteroatoms. The van der Waals surface area contributed by atoms with Crippen molar-refractivity contribution in [2.24, 2.45) is 0 Å². The molecule has 2 N–H and O–H groups in total. The molecular weight excluding hydrogens is 512 g/mol. The van der Waals surface area contributed by atoms with Crippen LogP contribution in [0.1, 0.15) is 45.9 Å². The number of anilines is 3. The van der Waals surface area contributed by atoms with E-state index in [9.17, 15) is 24.3 Å². The lowest BCUT2D eigenvalue weighted by Gasteiger charge is -2.34. The van der Waals surface area contributed by atoms with E-state index in [1.54, 1.807) is 41.1 Å². The minimum Gasteiger partial charge on any atom is -0.505 e. The molecule has 3 aromatic carbocycles. The quantitative estimate of drug-likeness (QED) is 0.324. The molecule has 0 aliphatic carbocycles. The molecule has 1 aliphatic heterocycles. The molecule has 1 atom stereocenters. The van der Waals surface area contributed by atoms with Crippen molar-refractivity contribution in [3.05, 3.63) is 104 Å². The predicted octanol–water partition coefficient (Wildman–Crippen LogP) is 3.51. The normalized spacial score (nSPS) is 14.2. The van der Waals surface area contributed by atoms with Crippen LogP contribution in [0, 0.1) is 0 Å². The Balaban J connectivity index is 1.33. The number of piperazine rings is 1. The maximum absolute atomic E-state index is 13.4. The smallest absolute Gasteiger partial charge is 0.289 e. The maximum Gasteiger partial charge on any atom is 0.289 e. The van der Waals surface area contributed by atoms with Crippen LogP contribution in [0.5, 0.6) is 5.75 Å². The van der Waals surface area contributed by atoms with E-state index >= 15 is 0 Å². The summed E-state index contributed by atoms with van der Waals surface area (Å²) in [7, 11) is 1.58. The van der Waals surface area contributed by atoms with E-state index in [4.69, 9.17) is 4.42 Å². The molecule has 1 aromatic heterocycles. The molecule has 2 amide bonds. The number of para-hydroxylation sites is 1. The minimum absolute atomic E-state index is 0.0686. The Kier molecular flexibility index (Phi) is 7.41. The number of aromatic hydroxyl groups is 1. The molecule has 10 nitrogen and oxygen atoms in total. The van der Waals surface area contributed by atoms with E-state index in [0.717, 1.165) is 5.56 Å². The van der Waals surface area contributed by atoms with Gasteiger partial charge in [-0.1, -0.05) is 43.3 Å². The maximum atomic E-state index is 13.4. The molecule has 0 bridgehead atoms. The molecule has 0 saturated carbocycles. The molecule has 4 aromatic rings. The number of carbonyl (C=O) groups is 2. The number of nitrogens with zero attached hydrogens (tertiary/aromatic N) is 3. The number of furan rings is 1. The number of rotatable bonds is 8. The van der Waals surface area contributed by atoms with Gasteiger partial charge in [0.25, 0.3) is 22.7 Å². The molecule has 1 saturated heterocycles. The summed E-state index contributed by atoms with van der Waals surface area (Å²) in [6.07, 6.45) is 2.12. The standard InChI is InChI=1S/C30H30N4O6/c1-3-21(19-9-5-4-6-10-19)31-24-25(28(37)27(24)36)32(2)22-12-7-11-20(26(22)35)29(38)33-14-16-34(17-15-33)30(39)23-13-8-18-40-23/h4-13,18,21,31,35H,3,14-17H2,1-2H3/t21-/m1/s1. The van der Waals surface area contributed by atoms with Gasteiger partial charge in [-0.15, -0.1) is 0 Å². The zero-order valence-corrected chi connectivity index (χ0v) is 22.3. The summed E-state index contributed by atoms with van der Waals surface area (Å²) in [6, 6.07) is 17.4. The summed E-state index contributed by atoms with van der Waals surface area (Å²) in [4.78, 5) is 55.7. The summed E-state index contributed by atoms with van der Waals surface area (Å²) >= 11 is 0. The highest BCUT2D eigenvalue weighted by Crippen LogP contribution is 2.37. The second kappa shape index (κ2) is 11.1. The van der Waals surface area contributed by atoms with Gasteiger partial charge < -0.3 is 29.5 Å². The van der Waals surface area contributed by atoms with E-state index in [0.29, 0.717) is 19.5 Å². The Morgan fingerprint density at radius 3 is 2.23 bits per heavy atom. The van der Waals surface area contributed by atoms with Crippen LogP contribution in [-0.2, 0) is 0 Å². The third-order valence-electron chi connectivity index (χ3n) is 7.34. The van der Waals surface area contributed by atoms with Gasteiger partial charge in [0, 0.05) is 33.2 Å². The number of hydrogen-bond acceptors (Lipinski definition) is 8. The number of carbonyl (C=O) groups excluding carboxylic acids is 2. The van der Waals surface area contributed by atoms with Crippen molar-refractivity contribution >= 4 is 28.9 Å². The Bertz CT molecular complexity index is 1580. The topological polar surface area (TPSA) is 123 Å². The third-order valence-corrected chi connectivity index (χ3v) is 7.34.